The van der Waals surface area contributed by atoms with Gasteiger partial charge in [0.15, 0.2) is 0 Å². The molecule has 0 aromatic heterocycles. The number of allylic oxidation sites excluding steroid dienone is 2. The van der Waals surface area contributed by atoms with Crippen LogP contribution in [0.2, 0.25) is 0 Å². The summed E-state index contributed by atoms with van der Waals surface area (Å²) in [4.78, 5) is 25.7. The molecule has 4 nitrogen and oxygen atoms in total. The van der Waals surface area contributed by atoms with Crippen LogP contribution in [0.3, 0.4) is 0 Å². The third-order valence-corrected chi connectivity index (χ3v) is 4.48. The van der Waals surface area contributed by atoms with E-state index in [1.165, 1.54) is 11.3 Å². The van der Waals surface area contributed by atoms with Crippen molar-refractivity contribution < 1.29 is 9.59 Å². The molecule has 1 saturated heterocycles. The van der Waals surface area contributed by atoms with Gasteiger partial charge < -0.3 is 4.90 Å². The van der Waals surface area contributed by atoms with Gasteiger partial charge in [-0.15, -0.1) is 0 Å². The highest BCUT2D eigenvalue weighted by molar-refractivity contribution is 6.00. The van der Waals surface area contributed by atoms with Gasteiger partial charge in [-0.1, -0.05) is 6.08 Å². The predicted molar refractivity (Wildman–Crippen MR) is 72.1 cm³/mol. The van der Waals surface area contributed by atoms with Crippen molar-refractivity contribution in [2.45, 2.75) is 57.5 Å². The zero-order valence-electron chi connectivity index (χ0n) is 11.5. The van der Waals surface area contributed by atoms with E-state index in [0.29, 0.717) is 12.8 Å². The summed E-state index contributed by atoms with van der Waals surface area (Å²) in [6.07, 6.45) is 8.59. The van der Waals surface area contributed by atoms with Gasteiger partial charge in [-0.25, -0.2) is 0 Å². The van der Waals surface area contributed by atoms with E-state index in [1.54, 1.807) is 0 Å². The summed E-state index contributed by atoms with van der Waals surface area (Å²) in [5, 5.41) is 2.48. The summed E-state index contributed by atoms with van der Waals surface area (Å²) in [6, 6.07) is -0.177. The van der Waals surface area contributed by atoms with Crippen LogP contribution in [-0.2, 0) is 9.59 Å². The van der Waals surface area contributed by atoms with E-state index in [-0.39, 0.29) is 23.4 Å². The Labute approximate surface area is 113 Å². The molecule has 2 aliphatic heterocycles. The van der Waals surface area contributed by atoms with E-state index >= 15 is 0 Å². The number of nitrogens with one attached hydrogen (secondary N) is 1. The first-order valence-corrected chi connectivity index (χ1v) is 7.03. The molecule has 1 spiro atoms. The van der Waals surface area contributed by atoms with Crippen LogP contribution in [0, 0.1) is 0 Å². The molecule has 2 fully saturated rings. The zero-order valence-corrected chi connectivity index (χ0v) is 11.5. The number of nitrogens with zero attached hydrogens (tertiary/aromatic N) is 1. The third-order valence-electron chi connectivity index (χ3n) is 4.48. The summed E-state index contributed by atoms with van der Waals surface area (Å²) >= 11 is 0. The SMILES string of the molecule is C/C=C\C1=C(C)CC2(CC2)N1C1CCC(=O)NC1=O. The van der Waals surface area contributed by atoms with E-state index in [2.05, 4.69) is 23.2 Å². The fourth-order valence-corrected chi connectivity index (χ4v) is 3.50. The summed E-state index contributed by atoms with van der Waals surface area (Å²) in [6.45, 7) is 4.15. The van der Waals surface area contributed by atoms with Gasteiger partial charge in [0.1, 0.15) is 6.04 Å². The topological polar surface area (TPSA) is 49.4 Å². The number of piperidine rings is 1. The highest BCUT2D eigenvalue weighted by Crippen LogP contribution is 2.55. The molecule has 1 N–H and O–H groups in total. The molecule has 19 heavy (non-hydrogen) atoms. The van der Waals surface area contributed by atoms with Crippen LogP contribution < -0.4 is 5.32 Å². The second-order valence-corrected chi connectivity index (χ2v) is 5.90. The number of hydrogen-bond acceptors (Lipinski definition) is 3. The number of rotatable bonds is 2. The summed E-state index contributed by atoms with van der Waals surface area (Å²) in [5.41, 5.74) is 2.72. The molecule has 2 amide bonds. The van der Waals surface area contributed by atoms with Crippen LogP contribution in [0.1, 0.15) is 46.0 Å². The maximum Gasteiger partial charge on any atom is 0.249 e. The first-order chi connectivity index (χ1) is 9.07. The predicted octanol–water partition coefficient (Wildman–Crippen LogP) is 1.88. The van der Waals surface area contributed by atoms with E-state index in [0.717, 1.165) is 19.3 Å². The van der Waals surface area contributed by atoms with Crippen molar-refractivity contribution in [3.8, 4) is 0 Å². The molecule has 4 heteroatoms. The number of imide groups is 1. The van der Waals surface area contributed by atoms with Crippen molar-refractivity contribution in [2.24, 2.45) is 0 Å². The second-order valence-electron chi connectivity index (χ2n) is 5.90. The van der Waals surface area contributed by atoms with Crippen molar-refractivity contribution in [1.82, 2.24) is 10.2 Å². The number of carbonyl (C=O) groups excluding carboxylic acids is 2. The Balaban J connectivity index is 1.92. The van der Waals surface area contributed by atoms with Gasteiger partial charge in [0.25, 0.3) is 0 Å². The molecule has 102 valence electrons. The lowest BCUT2D eigenvalue weighted by Crippen LogP contribution is -2.54. The first kappa shape index (κ1) is 12.5. The fraction of sp³-hybridized carbons (Fsp3) is 0.600. The largest absolute Gasteiger partial charge is 0.354 e. The average molecular weight is 260 g/mol. The van der Waals surface area contributed by atoms with E-state index < -0.39 is 0 Å². The van der Waals surface area contributed by atoms with Crippen LogP contribution in [0.4, 0.5) is 0 Å². The van der Waals surface area contributed by atoms with Gasteiger partial charge >= 0.3 is 0 Å². The van der Waals surface area contributed by atoms with Gasteiger partial charge in [0, 0.05) is 17.7 Å². The number of carbonyl (C=O) groups is 2. The maximum atomic E-state index is 12.1. The van der Waals surface area contributed by atoms with Gasteiger partial charge in [-0.05, 0) is 51.2 Å². The lowest BCUT2D eigenvalue weighted by molar-refractivity contribution is -0.137. The van der Waals surface area contributed by atoms with Crippen molar-refractivity contribution >= 4 is 11.8 Å². The van der Waals surface area contributed by atoms with Gasteiger partial charge in [0.2, 0.25) is 11.8 Å². The highest BCUT2D eigenvalue weighted by Gasteiger charge is 2.56. The highest BCUT2D eigenvalue weighted by atomic mass is 16.2. The molecule has 1 atom stereocenters. The van der Waals surface area contributed by atoms with E-state index in [4.69, 9.17) is 0 Å². The van der Waals surface area contributed by atoms with Crippen molar-refractivity contribution in [3.63, 3.8) is 0 Å². The lowest BCUT2D eigenvalue weighted by Gasteiger charge is -2.37. The Hall–Kier alpha value is -1.58. The second kappa shape index (κ2) is 4.22. The lowest BCUT2D eigenvalue weighted by atomic mass is 10.0. The molecule has 3 rings (SSSR count). The van der Waals surface area contributed by atoms with Crippen LogP contribution in [0.15, 0.2) is 23.4 Å². The molecule has 0 radical (unpaired) electrons. The molecule has 1 aliphatic carbocycles. The Bertz CT molecular complexity index is 500. The van der Waals surface area contributed by atoms with Crippen molar-refractivity contribution in [2.75, 3.05) is 0 Å². The van der Waals surface area contributed by atoms with Gasteiger partial charge in [-0.3, -0.25) is 14.9 Å². The summed E-state index contributed by atoms with van der Waals surface area (Å²) in [7, 11) is 0. The number of amides is 2. The third kappa shape index (κ3) is 1.90. The fourth-order valence-electron chi connectivity index (χ4n) is 3.50. The molecule has 1 saturated carbocycles. The van der Waals surface area contributed by atoms with Crippen LogP contribution >= 0.6 is 0 Å². The molecular weight excluding hydrogens is 240 g/mol. The van der Waals surface area contributed by atoms with Crippen molar-refractivity contribution in [1.29, 1.82) is 0 Å². The smallest absolute Gasteiger partial charge is 0.249 e. The molecule has 2 heterocycles. The Morgan fingerprint density at radius 1 is 1.37 bits per heavy atom. The minimum atomic E-state index is -0.177. The maximum absolute atomic E-state index is 12.1. The van der Waals surface area contributed by atoms with Crippen LogP contribution in [0.25, 0.3) is 0 Å². The van der Waals surface area contributed by atoms with Gasteiger partial charge in [0.05, 0.1) is 0 Å². The average Bonchev–Trinajstić information content (AvgIpc) is 3.05. The van der Waals surface area contributed by atoms with Crippen molar-refractivity contribution in [3.05, 3.63) is 23.4 Å². The quantitative estimate of drug-likeness (QED) is 0.771. The minimum absolute atomic E-state index is 0.126. The number of hydrogen-bond donors (Lipinski definition) is 1. The minimum Gasteiger partial charge on any atom is -0.354 e. The summed E-state index contributed by atoms with van der Waals surface area (Å²) < 4.78 is 0. The Morgan fingerprint density at radius 2 is 2.11 bits per heavy atom. The Kier molecular flexibility index (Phi) is 2.77. The van der Waals surface area contributed by atoms with Crippen LogP contribution in [-0.4, -0.2) is 28.3 Å². The van der Waals surface area contributed by atoms with E-state index in [1.807, 2.05) is 13.0 Å². The molecule has 0 aromatic carbocycles. The molecule has 0 bridgehead atoms. The molecule has 3 aliphatic rings. The summed E-state index contributed by atoms with van der Waals surface area (Å²) in [5.74, 6) is -0.266. The monoisotopic (exact) mass is 260 g/mol. The molecular formula is C15H20N2O2. The van der Waals surface area contributed by atoms with Gasteiger partial charge in [-0.2, -0.15) is 0 Å². The first-order valence-electron chi connectivity index (χ1n) is 7.03. The molecule has 0 aromatic rings. The normalized spacial score (nSPS) is 29.6. The Morgan fingerprint density at radius 3 is 2.68 bits per heavy atom. The van der Waals surface area contributed by atoms with E-state index in [9.17, 15) is 9.59 Å². The van der Waals surface area contributed by atoms with Crippen LogP contribution in [0.5, 0.6) is 0 Å². The zero-order chi connectivity index (χ0) is 13.6. The molecule has 1 unspecified atom stereocenters. The standard InChI is InChI=1S/C15H20N2O2/c1-3-4-11-10(2)9-15(7-8-15)17(11)12-5-6-13(18)16-14(12)19/h3-4,12H,5-9H2,1-2H3,(H,16,18,19)/b4-3-.